The third kappa shape index (κ3) is 6.49. The molecule has 1 amide bonds. The summed E-state index contributed by atoms with van der Waals surface area (Å²) >= 11 is 0. The Labute approximate surface area is 168 Å². The Kier molecular flexibility index (Phi) is 8.26. The van der Waals surface area contributed by atoms with Crippen LogP contribution in [-0.4, -0.2) is 48.9 Å². The molecule has 6 nitrogen and oxygen atoms in total. The van der Waals surface area contributed by atoms with Crippen LogP contribution in [-0.2, 0) is 27.8 Å². The number of hydrogen-bond acceptors (Lipinski definition) is 4. The highest BCUT2D eigenvalue weighted by atomic mass is 32.2. The lowest BCUT2D eigenvalue weighted by Crippen LogP contribution is -2.44. The highest BCUT2D eigenvalue weighted by Crippen LogP contribution is 2.13. The third-order valence-electron chi connectivity index (χ3n) is 4.55. The van der Waals surface area contributed by atoms with Gasteiger partial charge in [-0.1, -0.05) is 37.3 Å². The summed E-state index contributed by atoms with van der Waals surface area (Å²) in [6, 6.07) is 13.6. The van der Waals surface area contributed by atoms with E-state index in [9.17, 15) is 13.2 Å². The van der Waals surface area contributed by atoms with E-state index in [1.807, 2.05) is 56.3 Å². The predicted octanol–water partition coefficient (Wildman–Crippen LogP) is 3.22. The Morgan fingerprint density at radius 2 is 1.75 bits per heavy atom. The number of carbonyl (C=O) groups is 1. The summed E-state index contributed by atoms with van der Waals surface area (Å²) in [5.74, 6) is 1.25. The van der Waals surface area contributed by atoms with Crippen molar-refractivity contribution < 1.29 is 17.6 Å². The van der Waals surface area contributed by atoms with Crippen molar-refractivity contribution in [1.29, 1.82) is 0 Å². The van der Waals surface area contributed by atoms with Crippen molar-refractivity contribution in [2.24, 2.45) is 0 Å². The molecule has 0 saturated carbocycles. The Morgan fingerprint density at radius 3 is 2.32 bits per heavy atom. The maximum atomic E-state index is 13.0. The number of benzene rings is 1. The average Bonchev–Trinajstić information content (AvgIpc) is 3.10. The molecule has 0 radical (unpaired) electrons. The molecule has 0 N–H and O–H groups in total. The van der Waals surface area contributed by atoms with Crippen LogP contribution in [0.5, 0.6) is 0 Å². The van der Waals surface area contributed by atoms with Gasteiger partial charge in [0.2, 0.25) is 15.9 Å². The zero-order valence-corrected chi connectivity index (χ0v) is 17.7. The fraction of sp³-hybridized carbons (Fsp3) is 0.476. The molecule has 1 heterocycles. The number of sulfonamides is 1. The zero-order chi connectivity index (χ0) is 20.6. The van der Waals surface area contributed by atoms with E-state index in [2.05, 4.69) is 0 Å². The molecular formula is C21H30N2O4S. The van der Waals surface area contributed by atoms with Crippen LogP contribution < -0.4 is 0 Å². The van der Waals surface area contributed by atoms with Crippen molar-refractivity contribution in [2.45, 2.75) is 40.2 Å². The number of nitrogens with zero attached hydrogens (tertiary/aromatic N) is 2. The van der Waals surface area contributed by atoms with E-state index in [1.165, 1.54) is 4.31 Å². The molecule has 0 atom stereocenters. The SMILES string of the molecule is CCCN(CC(=O)N(CCc1ccccc1)Cc1ccc(C)o1)S(=O)(=O)CC. The molecule has 28 heavy (non-hydrogen) atoms. The molecule has 1 aromatic heterocycles. The molecule has 0 unspecified atom stereocenters. The first kappa shape index (κ1) is 22.2. The quantitative estimate of drug-likeness (QED) is 0.574. The molecule has 0 aliphatic heterocycles. The molecule has 154 valence electrons. The fourth-order valence-electron chi connectivity index (χ4n) is 2.96. The van der Waals surface area contributed by atoms with E-state index in [0.29, 0.717) is 38.2 Å². The summed E-state index contributed by atoms with van der Waals surface area (Å²) < 4.78 is 31.6. The van der Waals surface area contributed by atoms with Crippen LogP contribution in [0.4, 0.5) is 0 Å². The van der Waals surface area contributed by atoms with Gasteiger partial charge in [0.15, 0.2) is 0 Å². The Hall–Kier alpha value is -2.12. The largest absolute Gasteiger partial charge is 0.464 e. The van der Waals surface area contributed by atoms with E-state index >= 15 is 0 Å². The predicted molar refractivity (Wildman–Crippen MR) is 110 cm³/mol. The molecule has 0 aliphatic carbocycles. The van der Waals surface area contributed by atoms with Gasteiger partial charge in [0.25, 0.3) is 0 Å². The van der Waals surface area contributed by atoms with Crippen LogP contribution in [0.15, 0.2) is 46.9 Å². The lowest BCUT2D eigenvalue weighted by molar-refractivity contribution is -0.132. The smallest absolute Gasteiger partial charge is 0.238 e. The summed E-state index contributed by atoms with van der Waals surface area (Å²) in [6.45, 7) is 6.38. The third-order valence-corrected chi connectivity index (χ3v) is 6.38. The van der Waals surface area contributed by atoms with Crippen LogP contribution in [0.1, 0.15) is 37.4 Å². The highest BCUT2D eigenvalue weighted by molar-refractivity contribution is 7.89. The molecule has 0 bridgehead atoms. The van der Waals surface area contributed by atoms with Crippen molar-refractivity contribution in [1.82, 2.24) is 9.21 Å². The van der Waals surface area contributed by atoms with Gasteiger partial charge in [-0.25, -0.2) is 8.42 Å². The molecule has 7 heteroatoms. The summed E-state index contributed by atoms with van der Waals surface area (Å²) in [6.07, 6.45) is 1.36. The first-order chi connectivity index (χ1) is 13.4. The van der Waals surface area contributed by atoms with Crippen molar-refractivity contribution >= 4 is 15.9 Å². The van der Waals surface area contributed by atoms with Gasteiger partial charge in [-0.15, -0.1) is 0 Å². The number of hydrogen-bond donors (Lipinski definition) is 0. The summed E-state index contributed by atoms with van der Waals surface area (Å²) in [7, 11) is -3.42. The summed E-state index contributed by atoms with van der Waals surface area (Å²) in [4.78, 5) is 14.7. The number of furan rings is 1. The second kappa shape index (κ2) is 10.4. The van der Waals surface area contributed by atoms with Crippen LogP contribution >= 0.6 is 0 Å². The van der Waals surface area contributed by atoms with Gasteiger partial charge >= 0.3 is 0 Å². The second-order valence-corrected chi connectivity index (χ2v) is 9.05. The van der Waals surface area contributed by atoms with Crippen LogP contribution in [0.3, 0.4) is 0 Å². The van der Waals surface area contributed by atoms with Gasteiger partial charge in [0.1, 0.15) is 11.5 Å². The standard InChI is InChI=1S/C21H30N2O4S/c1-4-14-23(28(25,26)5-2)17-21(24)22(16-20-12-11-18(3)27-20)15-13-19-9-7-6-8-10-19/h6-12H,4-5,13-17H2,1-3H3. The van der Waals surface area contributed by atoms with Gasteiger partial charge in [0, 0.05) is 13.1 Å². The Morgan fingerprint density at radius 1 is 1.04 bits per heavy atom. The normalized spacial score (nSPS) is 11.7. The van der Waals surface area contributed by atoms with Crippen molar-refractivity contribution in [3.8, 4) is 0 Å². The highest BCUT2D eigenvalue weighted by Gasteiger charge is 2.25. The van der Waals surface area contributed by atoms with E-state index < -0.39 is 10.0 Å². The van der Waals surface area contributed by atoms with Gasteiger partial charge in [-0.2, -0.15) is 4.31 Å². The minimum atomic E-state index is -3.42. The van der Waals surface area contributed by atoms with Gasteiger partial charge in [-0.05, 0) is 44.4 Å². The minimum absolute atomic E-state index is 0.0122. The minimum Gasteiger partial charge on any atom is -0.464 e. The molecule has 0 aliphatic rings. The lowest BCUT2D eigenvalue weighted by Gasteiger charge is -2.26. The summed E-state index contributed by atoms with van der Waals surface area (Å²) in [5.41, 5.74) is 1.13. The lowest BCUT2D eigenvalue weighted by atomic mass is 10.1. The summed E-state index contributed by atoms with van der Waals surface area (Å²) in [5, 5.41) is 0. The van der Waals surface area contributed by atoms with E-state index in [1.54, 1.807) is 11.8 Å². The Balaban J connectivity index is 2.14. The molecule has 0 spiro atoms. The second-order valence-electron chi connectivity index (χ2n) is 6.80. The monoisotopic (exact) mass is 406 g/mol. The maximum Gasteiger partial charge on any atom is 0.238 e. The van der Waals surface area contributed by atoms with Crippen molar-refractivity contribution in [3.05, 3.63) is 59.5 Å². The van der Waals surface area contributed by atoms with Gasteiger partial charge in [0.05, 0.1) is 18.8 Å². The zero-order valence-electron chi connectivity index (χ0n) is 16.9. The van der Waals surface area contributed by atoms with Crippen molar-refractivity contribution in [2.75, 3.05) is 25.4 Å². The molecular weight excluding hydrogens is 376 g/mol. The fourth-order valence-corrected chi connectivity index (χ4v) is 4.09. The van der Waals surface area contributed by atoms with E-state index in [0.717, 1.165) is 11.3 Å². The number of rotatable bonds is 11. The van der Waals surface area contributed by atoms with Crippen LogP contribution in [0.2, 0.25) is 0 Å². The maximum absolute atomic E-state index is 13.0. The number of amides is 1. The molecule has 2 aromatic rings. The van der Waals surface area contributed by atoms with Gasteiger partial charge < -0.3 is 9.32 Å². The average molecular weight is 407 g/mol. The van der Waals surface area contributed by atoms with Gasteiger partial charge in [-0.3, -0.25) is 4.79 Å². The topological polar surface area (TPSA) is 70.8 Å². The number of aryl methyl sites for hydroxylation is 1. The molecule has 0 fully saturated rings. The first-order valence-electron chi connectivity index (χ1n) is 9.70. The van der Waals surface area contributed by atoms with Crippen molar-refractivity contribution in [3.63, 3.8) is 0 Å². The Bertz CT molecular complexity index is 846. The molecule has 2 rings (SSSR count). The number of carbonyl (C=O) groups excluding carboxylic acids is 1. The first-order valence-corrected chi connectivity index (χ1v) is 11.3. The van der Waals surface area contributed by atoms with Crippen LogP contribution in [0.25, 0.3) is 0 Å². The molecule has 1 aromatic carbocycles. The molecule has 0 saturated heterocycles. The van der Waals surface area contributed by atoms with E-state index in [4.69, 9.17) is 4.42 Å². The van der Waals surface area contributed by atoms with E-state index in [-0.39, 0.29) is 18.2 Å². The van der Waals surface area contributed by atoms with Crippen LogP contribution in [0, 0.1) is 6.92 Å².